The van der Waals surface area contributed by atoms with Gasteiger partial charge in [0.05, 0.1) is 6.20 Å². The molecule has 1 rings (SSSR count). The third-order valence-corrected chi connectivity index (χ3v) is 1.82. The summed E-state index contributed by atoms with van der Waals surface area (Å²) in [5.74, 6) is -0.164. The van der Waals surface area contributed by atoms with Crippen LogP contribution in [0, 0.1) is 0 Å². The second kappa shape index (κ2) is 4.02. The van der Waals surface area contributed by atoms with Gasteiger partial charge in [0, 0.05) is 13.1 Å². The molecule has 72 valence electrons. The zero-order valence-electron chi connectivity index (χ0n) is 8.11. The van der Waals surface area contributed by atoms with Crippen molar-refractivity contribution in [2.45, 2.75) is 26.3 Å². The van der Waals surface area contributed by atoms with E-state index >= 15 is 0 Å². The molecule has 5 nitrogen and oxygen atoms in total. The van der Waals surface area contributed by atoms with Gasteiger partial charge in [-0.25, -0.2) is 0 Å². The van der Waals surface area contributed by atoms with Crippen molar-refractivity contribution >= 4 is 5.91 Å². The second-order valence-electron chi connectivity index (χ2n) is 3.00. The summed E-state index contributed by atoms with van der Waals surface area (Å²) < 4.78 is 0. The number of aromatic nitrogens is 3. The first kappa shape index (κ1) is 9.70. The average Bonchev–Trinajstić information content (AvgIpc) is 2.51. The SMILES string of the molecule is CCC(C)NC(=O)c1cnn(C)n1. The van der Waals surface area contributed by atoms with Gasteiger partial charge in [0.15, 0.2) is 5.69 Å². The van der Waals surface area contributed by atoms with Crippen LogP contribution in [0.1, 0.15) is 30.8 Å². The van der Waals surface area contributed by atoms with Crippen LogP contribution in [0.25, 0.3) is 0 Å². The summed E-state index contributed by atoms with van der Waals surface area (Å²) in [6.07, 6.45) is 2.36. The van der Waals surface area contributed by atoms with Gasteiger partial charge in [0.1, 0.15) is 0 Å². The quantitative estimate of drug-likeness (QED) is 0.733. The summed E-state index contributed by atoms with van der Waals surface area (Å²) in [5.41, 5.74) is 0.364. The van der Waals surface area contributed by atoms with E-state index in [2.05, 4.69) is 15.5 Å². The van der Waals surface area contributed by atoms with Crippen molar-refractivity contribution in [2.75, 3.05) is 0 Å². The Kier molecular flexibility index (Phi) is 3.00. The first-order valence-corrected chi connectivity index (χ1v) is 4.30. The van der Waals surface area contributed by atoms with E-state index in [0.29, 0.717) is 5.69 Å². The maximum Gasteiger partial charge on any atom is 0.273 e. The van der Waals surface area contributed by atoms with Gasteiger partial charge >= 0.3 is 0 Å². The molecule has 1 atom stereocenters. The van der Waals surface area contributed by atoms with Crippen LogP contribution in [-0.2, 0) is 7.05 Å². The largest absolute Gasteiger partial charge is 0.348 e. The van der Waals surface area contributed by atoms with Crippen LogP contribution in [0.5, 0.6) is 0 Å². The van der Waals surface area contributed by atoms with E-state index in [0.717, 1.165) is 6.42 Å². The molecule has 0 aliphatic heterocycles. The fourth-order valence-corrected chi connectivity index (χ4v) is 0.850. The minimum absolute atomic E-state index is 0.164. The van der Waals surface area contributed by atoms with E-state index in [4.69, 9.17) is 0 Å². The van der Waals surface area contributed by atoms with E-state index in [1.54, 1.807) is 7.05 Å². The molecule has 1 heterocycles. The Hall–Kier alpha value is -1.39. The average molecular weight is 182 g/mol. The third kappa shape index (κ3) is 2.54. The van der Waals surface area contributed by atoms with Crippen molar-refractivity contribution in [3.8, 4) is 0 Å². The van der Waals surface area contributed by atoms with Gasteiger partial charge < -0.3 is 5.32 Å². The lowest BCUT2D eigenvalue weighted by Crippen LogP contribution is -2.32. The third-order valence-electron chi connectivity index (χ3n) is 1.82. The topological polar surface area (TPSA) is 59.8 Å². The molecule has 0 spiro atoms. The molecular formula is C8H14N4O. The number of nitrogens with one attached hydrogen (secondary N) is 1. The van der Waals surface area contributed by atoms with Gasteiger partial charge in [-0.1, -0.05) is 6.92 Å². The van der Waals surface area contributed by atoms with E-state index in [-0.39, 0.29) is 11.9 Å². The van der Waals surface area contributed by atoms with Crippen LogP contribution in [0.4, 0.5) is 0 Å². The predicted molar refractivity (Wildman–Crippen MR) is 48.2 cm³/mol. The first-order chi connectivity index (χ1) is 6.13. The molecule has 0 saturated carbocycles. The number of carbonyl (C=O) groups is 1. The highest BCUT2D eigenvalue weighted by atomic mass is 16.2. The molecule has 1 N–H and O–H groups in total. The lowest BCUT2D eigenvalue weighted by Gasteiger charge is -2.08. The van der Waals surface area contributed by atoms with E-state index in [1.807, 2.05) is 13.8 Å². The monoisotopic (exact) mass is 182 g/mol. The first-order valence-electron chi connectivity index (χ1n) is 4.30. The number of rotatable bonds is 3. The molecule has 0 aliphatic rings. The highest BCUT2D eigenvalue weighted by Gasteiger charge is 2.11. The van der Waals surface area contributed by atoms with Gasteiger partial charge in [-0.2, -0.15) is 9.90 Å². The second-order valence-corrected chi connectivity index (χ2v) is 3.00. The maximum atomic E-state index is 11.4. The van der Waals surface area contributed by atoms with Crippen molar-refractivity contribution in [3.05, 3.63) is 11.9 Å². The van der Waals surface area contributed by atoms with Crippen LogP contribution in [0.3, 0.4) is 0 Å². The van der Waals surface area contributed by atoms with Crippen LogP contribution in [0.15, 0.2) is 6.20 Å². The summed E-state index contributed by atoms with van der Waals surface area (Å²) in [6, 6.07) is 0.175. The van der Waals surface area contributed by atoms with Crippen LogP contribution >= 0.6 is 0 Å². The van der Waals surface area contributed by atoms with Crippen molar-refractivity contribution < 1.29 is 4.79 Å². The fraction of sp³-hybridized carbons (Fsp3) is 0.625. The van der Waals surface area contributed by atoms with E-state index < -0.39 is 0 Å². The number of aryl methyl sites for hydroxylation is 1. The van der Waals surface area contributed by atoms with Crippen LogP contribution < -0.4 is 5.32 Å². The van der Waals surface area contributed by atoms with Gasteiger partial charge in [0.25, 0.3) is 5.91 Å². The van der Waals surface area contributed by atoms with Crippen molar-refractivity contribution in [1.82, 2.24) is 20.3 Å². The Morgan fingerprint density at radius 1 is 1.77 bits per heavy atom. The zero-order chi connectivity index (χ0) is 9.84. The number of carbonyl (C=O) groups excluding carboxylic acids is 1. The molecular weight excluding hydrogens is 168 g/mol. The molecule has 0 aromatic carbocycles. The normalized spacial score (nSPS) is 12.5. The minimum Gasteiger partial charge on any atom is -0.348 e. The Morgan fingerprint density at radius 2 is 2.46 bits per heavy atom. The Bertz CT molecular complexity index is 294. The molecule has 0 fully saturated rings. The summed E-state index contributed by atoms with van der Waals surface area (Å²) in [7, 11) is 1.68. The highest BCUT2D eigenvalue weighted by Crippen LogP contribution is 1.94. The number of hydrogen-bond donors (Lipinski definition) is 1. The van der Waals surface area contributed by atoms with Crippen molar-refractivity contribution in [1.29, 1.82) is 0 Å². The molecule has 0 bridgehead atoms. The number of hydrogen-bond acceptors (Lipinski definition) is 3. The lowest BCUT2D eigenvalue weighted by atomic mass is 10.2. The van der Waals surface area contributed by atoms with Gasteiger partial charge in [0.2, 0.25) is 0 Å². The van der Waals surface area contributed by atoms with Gasteiger partial charge in [-0.3, -0.25) is 4.79 Å². The highest BCUT2D eigenvalue weighted by molar-refractivity contribution is 5.91. The summed E-state index contributed by atoms with van der Waals surface area (Å²) in [5, 5.41) is 10.5. The molecule has 0 aliphatic carbocycles. The Labute approximate surface area is 77.1 Å². The molecule has 1 aromatic rings. The van der Waals surface area contributed by atoms with Crippen molar-refractivity contribution in [3.63, 3.8) is 0 Å². The standard InChI is InChI=1S/C8H14N4O/c1-4-6(2)10-8(13)7-5-9-12(3)11-7/h5-6H,4H2,1-3H3,(H,10,13). The summed E-state index contributed by atoms with van der Waals surface area (Å²) in [4.78, 5) is 12.8. The van der Waals surface area contributed by atoms with Crippen LogP contribution in [0.2, 0.25) is 0 Å². The maximum absolute atomic E-state index is 11.4. The number of amides is 1. The molecule has 13 heavy (non-hydrogen) atoms. The summed E-state index contributed by atoms with van der Waals surface area (Å²) >= 11 is 0. The molecule has 1 unspecified atom stereocenters. The van der Waals surface area contributed by atoms with E-state index in [9.17, 15) is 4.79 Å². The fourth-order valence-electron chi connectivity index (χ4n) is 0.850. The molecule has 5 heteroatoms. The summed E-state index contributed by atoms with van der Waals surface area (Å²) in [6.45, 7) is 3.97. The lowest BCUT2D eigenvalue weighted by molar-refractivity contribution is 0.0933. The zero-order valence-corrected chi connectivity index (χ0v) is 8.11. The Morgan fingerprint density at radius 3 is 2.92 bits per heavy atom. The van der Waals surface area contributed by atoms with E-state index in [1.165, 1.54) is 11.0 Å². The van der Waals surface area contributed by atoms with Crippen molar-refractivity contribution in [2.24, 2.45) is 7.05 Å². The van der Waals surface area contributed by atoms with Gasteiger partial charge in [-0.15, -0.1) is 5.10 Å². The Balaban J connectivity index is 2.58. The molecule has 1 amide bonds. The van der Waals surface area contributed by atoms with Crippen LogP contribution in [-0.4, -0.2) is 26.9 Å². The minimum atomic E-state index is -0.164. The molecule has 1 aromatic heterocycles. The smallest absolute Gasteiger partial charge is 0.273 e. The van der Waals surface area contributed by atoms with Gasteiger partial charge in [-0.05, 0) is 13.3 Å². The molecule has 0 radical (unpaired) electrons. The predicted octanol–water partition coefficient (Wildman–Crippen LogP) is 0.343. The molecule has 0 saturated heterocycles. The number of nitrogens with zero attached hydrogens (tertiary/aromatic N) is 3.